The Hall–Kier alpha value is -1.77. The molecule has 0 aliphatic heterocycles. The topological polar surface area (TPSA) is 29.1 Å². The third kappa shape index (κ3) is 3.31. The molecule has 0 saturated carbocycles. The van der Waals surface area contributed by atoms with Crippen molar-refractivity contribution >= 4 is 13.9 Å². The predicted octanol–water partition coefficient (Wildman–Crippen LogP) is 1.09. The summed E-state index contributed by atoms with van der Waals surface area (Å²) in [5.41, 5.74) is 0.642. The van der Waals surface area contributed by atoms with Crippen molar-refractivity contribution in [2.24, 2.45) is 0 Å². The van der Waals surface area contributed by atoms with Gasteiger partial charge >= 0.3 is 0 Å². The first-order valence-corrected chi connectivity index (χ1v) is 4.45. The zero-order valence-electron chi connectivity index (χ0n) is 8.10. The minimum atomic E-state index is -0.0798. The van der Waals surface area contributed by atoms with Gasteiger partial charge in [0.25, 0.3) is 0 Å². The van der Waals surface area contributed by atoms with Crippen molar-refractivity contribution in [3.05, 3.63) is 60.2 Å². The van der Waals surface area contributed by atoms with Crippen molar-refractivity contribution in [1.82, 2.24) is 5.23 Å². The van der Waals surface area contributed by atoms with Gasteiger partial charge in [-0.15, -0.1) is 0 Å². The highest BCUT2D eigenvalue weighted by Crippen LogP contribution is 1.93. The van der Waals surface area contributed by atoms with Crippen LogP contribution in [0.15, 0.2) is 54.6 Å². The summed E-state index contributed by atoms with van der Waals surface area (Å²) in [6.45, 7) is 0. The SMILES string of the molecule is BNC(=O)c1ccccccccc1. The number of hydrogen-bond acceptors (Lipinski definition) is 1. The second-order valence-electron chi connectivity index (χ2n) is 2.71. The van der Waals surface area contributed by atoms with Crippen LogP contribution in [0, 0.1) is 0 Å². The summed E-state index contributed by atoms with van der Waals surface area (Å²) in [5.74, 6) is -0.0798. The molecule has 0 fully saturated rings. The summed E-state index contributed by atoms with van der Waals surface area (Å²) < 4.78 is 0. The predicted molar refractivity (Wildman–Crippen MR) is 60.1 cm³/mol. The quantitative estimate of drug-likeness (QED) is 0.652. The van der Waals surface area contributed by atoms with Crippen LogP contribution in [0.25, 0.3) is 0 Å². The molecule has 1 amide bonds. The zero-order chi connectivity index (χ0) is 10.2. The molecule has 1 aromatic carbocycles. The highest BCUT2D eigenvalue weighted by molar-refractivity contribution is 6.18. The molecule has 0 aliphatic carbocycles. The van der Waals surface area contributed by atoms with E-state index in [2.05, 4.69) is 5.23 Å². The standard InChI is InChI=1S/C11H12BNO/c12-13-11(14)10-8-6-4-2-1-3-5-7-9-10/h1-9H,12H2,(H,13,14). The molecular formula is C11H12BNO. The van der Waals surface area contributed by atoms with Crippen LogP contribution in [0.2, 0.25) is 0 Å². The van der Waals surface area contributed by atoms with E-state index in [1.54, 1.807) is 20.1 Å². The lowest BCUT2D eigenvalue weighted by Gasteiger charge is -1.94. The van der Waals surface area contributed by atoms with Gasteiger partial charge in [0.15, 0.2) is 0 Å². The van der Waals surface area contributed by atoms with E-state index >= 15 is 0 Å². The smallest absolute Gasteiger partial charge is 0.238 e. The number of nitrogens with one attached hydrogen (secondary N) is 1. The number of amides is 1. The van der Waals surface area contributed by atoms with Crippen LogP contribution in [0.4, 0.5) is 0 Å². The Labute approximate surface area is 84.7 Å². The summed E-state index contributed by atoms with van der Waals surface area (Å²) in [5, 5.41) is 2.58. The monoisotopic (exact) mass is 185 g/mol. The Balaban J connectivity index is 3.13. The van der Waals surface area contributed by atoms with E-state index < -0.39 is 0 Å². The van der Waals surface area contributed by atoms with Crippen LogP contribution in [0.1, 0.15) is 10.4 Å². The Morgan fingerprint density at radius 1 is 0.929 bits per heavy atom. The lowest BCUT2D eigenvalue weighted by molar-refractivity contribution is 0.0981. The van der Waals surface area contributed by atoms with Crippen LogP contribution in [0.3, 0.4) is 0 Å². The number of carbonyl (C=O) groups is 1. The summed E-state index contributed by atoms with van der Waals surface area (Å²) in [7, 11) is 1.62. The Bertz CT molecular complexity index is 339. The van der Waals surface area contributed by atoms with Crippen LogP contribution in [0.5, 0.6) is 0 Å². The van der Waals surface area contributed by atoms with Crippen LogP contribution in [-0.2, 0) is 0 Å². The number of carbonyl (C=O) groups excluding carboxylic acids is 1. The van der Waals surface area contributed by atoms with E-state index in [0.717, 1.165) is 0 Å². The van der Waals surface area contributed by atoms with Crippen LogP contribution < -0.4 is 5.23 Å². The lowest BCUT2D eigenvalue weighted by Crippen LogP contribution is -2.18. The van der Waals surface area contributed by atoms with Crippen molar-refractivity contribution in [3.63, 3.8) is 0 Å². The molecule has 0 unspecified atom stereocenters. The molecule has 0 saturated heterocycles. The third-order valence-electron chi connectivity index (χ3n) is 1.71. The maximum Gasteiger partial charge on any atom is 0.238 e. The van der Waals surface area contributed by atoms with Crippen molar-refractivity contribution in [3.8, 4) is 0 Å². The molecule has 3 heteroatoms. The van der Waals surface area contributed by atoms with E-state index in [1.165, 1.54) is 0 Å². The first kappa shape index (κ1) is 10.3. The van der Waals surface area contributed by atoms with Gasteiger partial charge in [0.2, 0.25) is 13.9 Å². The minimum Gasteiger partial charge on any atom is -0.402 e. The van der Waals surface area contributed by atoms with E-state index in [-0.39, 0.29) is 5.91 Å². The van der Waals surface area contributed by atoms with Crippen molar-refractivity contribution in [2.45, 2.75) is 0 Å². The third-order valence-corrected chi connectivity index (χ3v) is 1.71. The molecule has 0 aliphatic rings. The van der Waals surface area contributed by atoms with Crippen molar-refractivity contribution < 1.29 is 4.79 Å². The van der Waals surface area contributed by atoms with Gasteiger partial charge in [-0.3, -0.25) is 4.79 Å². The molecule has 1 N–H and O–H groups in total. The highest BCUT2D eigenvalue weighted by Gasteiger charge is 1.96. The fraction of sp³-hybridized carbons (Fsp3) is 0. The second kappa shape index (κ2) is 5.81. The molecule has 0 radical (unpaired) electrons. The van der Waals surface area contributed by atoms with Gasteiger partial charge in [-0.2, -0.15) is 0 Å². The first-order valence-electron chi connectivity index (χ1n) is 4.45. The molecule has 0 bridgehead atoms. The molecule has 70 valence electrons. The van der Waals surface area contributed by atoms with E-state index in [9.17, 15) is 4.79 Å². The van der Waals surface area contributed by atoms with Crippen LogP contribution in [-0.4, -0.2) is 13.9 Å². The summed E-state index contributed by atoms with van der Waals surface area (Å²) in [6.07, 6.45) is 0. The summed E-state index contributed by atoms with van der Waals surface area (Å²) >= 11 is 0. The molecule has 2 nitrogen and oxygen atoms in total. The van der Waals surface area contributed by atoms with E-state index in [1.807, 2.05) is 42.5 Å². The lowest BCUT2D eigenvalue weighted by atomic mass is 10.2. The molecule has 14 heavy (non-hydrogen) atoms. The second-order valence-corrected chi connectivity index (χ2v) is 2.71. The molecule has 0 spiro atoms. The van der Waals surface area contributed by atoms with E-state index in [4.69, 9.17) is 0 Å². The molecule has 0 aromatic heterocycles. The summed E-state index contributed by atoms with van der Waals surface area (Å²) in [6, 6.07) is 16.7. The van der Waals surface area contributed by atoms with Crippen molar-refractivity contribution in [1.29, 1.82) is 0 Å². The van der Waals surface area contributed by atoms with E-state index in [0.29, 0.717) is 5.56 Å². The molecule has 1 rings (SSSR count). The van der Waals surface area contributed by atoms with Gasteiger partial charge in [0, 0.05) is 5.56 Å². The average Bonchev–Trinajstić information content (AvgIpc) is 2.24. The normalized spacial score (nSPS) is 8.57. The highest BCUT2D eigenvalue weighted by atomic mass is 16.1. The maximum absolute atomic E-state index is 11.3. The Morgan fingerprint density at radius 3 is 1.79 bits per heavy atom. The zero-order valence-corrected chi connectivity index (χ0v) is 8.10. The fourth-order valence-corrected chi connectivity index (χ4v) is 0.990. The van der Waals surface area contributed by atoms with Gasteiger partial charge in [-0.1, -0.05) is 42.5 Å². The largest absolute Gasteiger partial charge is 0.402 e. The van der Waals surface area contributed by atoms with Gasteiger partial charge < -0.3 is 5.23 Å². The van der Waals surface area contributed by atoms with Gasteiger partial charge in [-0.05, 0) is 12.1 Å². The average molecular weight is 185 g/mol. The molecular weight excluding hydrogens is 173 g/mol. The molecule has 0 heterocycles. The minimum absolute atomic E-state index is 0.0798. The Morgan fingerprint density at radius 2 is 1.36 bits per heavy atom. The molecule has 0 atom stereocenters. The Kier molecular flexibility index (Phi) is 4.28. The van der Waals surface area contributed by atoms with Gasteiger partial charge in [0.05, 0.1) is 0 Å². The maximum atomic E-state index is 11.3. The molecule has 1 aromatic rings. The summed E-state index contributed by atoms with van der Waals surface area (Å²) in [4.78, 5) is 11.3. The van der Waals surface area contributed by atoms with Crippen molar-refractivity contribution in [2.75, 3.05) is 0 Å². The first-order chi connectivity index (χ1) is 6.84. The number of rotatable bonds is 1. The van der Waals surface area contributed by atoms with Crippen LogP contribution >= 0.6 is 0 Å². The fourth-order valence-electron chi connectivity index (χ4n) is 0.990. The van der Waals surface area contributed by atoms with Gasteiger partial charge in [0.1, 0.15) is 0 Å². The number of hydrogen-bond donors (Lipinski definition) is 1. The van der Waals surface area contributed by atoms with Gasteiger partial charge in [-0.25, -0.2) is 0 Å².